The Hall–Kier alpha value is -2.21. The predicted molar refractivity (Wildman–Crippen MR) is 84.0 cm³/mol. The molecule has 1 fully saturated rings. The Morgan fingerprint density at radius 3 is 2.35 bits per heavy atom. The molecule has 0 saturated carbocycles. The summed E-state index contributed by atoms with van der Waals surface area (Å²) in [6.45, 7) is 4.09. The Labute approximate surface area is 135 Å². The largest absolute Gasteiger partial charge is 0.353 e. The van der Waals surface area contributed by atoms with Crippen molar-refractivity contribution in [1.29, 1.82) is 0 Å². The molecule has 1 aromatic rings. The van der Waals surface area contributed by atoms with Gasteiger partial charge in [0, 0.05) is 19.4 Å². The summed E-state index contributed by atoms with van der Waals surface area (Å²) in [5, 5.41) is 3.54. The summed E-state index contributed by atoms with van der Waals surface area (Å²) in [6.07, 6.45) is 0.120. The van der Waals surface area contributed by atoms with Crippen LogP contribution in [0.15, 0.2) is 30.3 Å². The van der Waals surface area contributed by atoms with Crippen molar-refractivity contribution >= 4 is 17.7 Å². The number of rotatable bonds is 7. The van der Waals surface area contributed by atoms with Crippen molar-refractivity contribution in [2.45, 2.75) is 39.2 Å². The molecule has 0 aliphatic carbocycles. The maximum atomic E-state index is 12.3. The molecule has 1 aromatic carbocycles. The second-order valence-electron chi connectivity index (χ2n) is 5.88. The fourth-order valence-corrected chi connectivity index (χ4v) is 2.33. The summed E-state index contributed by atoms with van der Waals surface area (Å²) in [7, 11) is 0. The van der Waals surface area contributed by atoms with Crippen LogP contribution < -0.4 is 5.32 Å². The van der Waals surface area contributed by atoms with E-state index in [0.717, 1.165) is 10.6 Å². The Kier molecular flexibility index (Phi) is 5.87. The number of imide groups is 1. The number of amides is 3. The second-order valence-corrected chi connectivity index (χ2v) is 5.88. The monoisotopic (exact) mass is 318 g/mol. The molecule has 23 heavy (non-hydrogen) atoms. The first-order valence-electron chi connectivity index (χ1n) is 7.83. The van der Waals surface area contributed by atoms with Crippen LogP contribution in [0.25, 0.3) is 0 Å². The van der Waals surface area contributed by atoms with Crippen LogP contribution in [0.5, 0.6) is 0 Å². The van der Waals surface area contributed by atoms with Crippen molar-refractivity contribution < 1.29 is 19.2 Å². The lowest BCUT2D eigenvalue weighted by Crippen LogP contribution is -2.45. The van der Waals surface area contributed by atoms with E-state index in [-0.39, 0.29) is 24.7 Å². The van der Waals surface area contributed by atoms with Crippen molar-refractivity contribution in [3.63, 3.8) is 0 Å². The van der Waals surface area contributed by atoms with E-state index >= 15 is 0 Å². The maximum Gasteiger partial charge on any atom is 0.254 e. The third-order valence-corrected chi connectivity index (χ3v) is 3.64. The van der Waals surface area contributed by atoms with Crippen LogP contribution in [0.1, 0.15) is 32.3 Å². The third-order valence-electron chi connectivity index (χ3n) is 3.64. The first-order valence-corrected chi connectivity index (χ1v) is 7.83. The summed E-state index contributed by atoms with van der Waals surface area (Å²) in [4.78, 5) is 40.9. The van der Waals surface area contributed by atoms with E-state index in [2.05, 4.69) is 5.32 Å². The molecule has 0 spiro atoms. The molecule has 1 saturated heterocycles. The van der Waals surface area contributed by atoms with E-state index in [4.69, 9.17) is 4.84 Å². The molecular weight excluding hydrogens is 296 g/mol. The number of nitrogens with one attached hydrogen (secondary N) is 1. The van der Waals surface area contributed by atoms with Gasteiger partial charge in [-0.15, -0.1) is 0 Å². The minimum Gasteiger partial charge on any atom is -0.353 e. The molecule has 0 bridgehead atoms. The van der Waals surface area contributed by atoms with Gasteiger partial charge in [0.2, 0.25) is 0 Å². The van der Waals surface area contributed by atoms with Gasteiger partial charge in [-0.05, 0) is 17.9 Å². The number of hydroxylamine groups is 2. The molecular formula is C17H22N2O4. The van der Waals surface area contributed by atoms with Gasteiger partial charge in [-0.1, -0.05) is 44.2 Å². The highest BCUT2D eigenvalue weighted by Crippen LogP contribution is 2.17. The zero-order chi connectivity index (χ0) is 16.8. The van der Waals surface area contributed by atoms with Gasteiger partial charge >= 0.3 is 0 Å². The minimum atomic E-state index is -0.864. The van der Waals surface area contributed by atoms with Gasteiger partial charge in [-0.25, -0.2) is 4.84 Å². The van der Waals surface area contributed by atoms with E-state index in [1.54, 1.807) is 0 Å². The number of carbonyl (C=O) groups excluding carboxylic acids is 3. The zero-order valence-corrected chi connectivity index (χ0v) is 13.5. The smallest absolute Gasteiger partial charge is 0.254 e. The van der Waals surface area contributed by atoms with E-state index in [1.165, 1.54) is 0 Å². The Morgan fingerprint density at radius 1 is 1.17 bits per heavy atom. The van der Waals surface area contributed by atoms with Gasteiger partial charge in [0.15, 0.2) is 6.10 Å². The van der Waals surface area contributed by atoms with Crippen LogP contribution in [-0.4, -0.2) is 35.4 Å². The molecule has 1 atom stereocenters. The molecule has 1 unspecified atom stereocenters. The quantitative estimate of drug-likeness (QED) is 0.772. The van der Waals surface area contributed by atoms with Crippen molar-refractivity contribution in [3.05, 3.63) is 35.9 Å². The first-order chi connectivity index (χ1) is 11.0. The highest BCUT2D eigenvalue weighted by Gasteiger charge is 2.35. The van der Waals surface area contributed by atoms with E-state index in [0.29, 0.717) is 13.0 Å². The average molecular weight is 318 g/mol. The first kappa shape index (κ1) is 17.1. The Morgan fingerprint density at radius 2 is 1.78 bits per heavy atom. The molecule has 3 amide bonds. The normalized spacial score (nSPS) is 16.0. The lowest BCUT2D eigenvalue weighted by molar-refractivity contribution is -0.208. The fourth-order valence-electron chi connectivity index (χ4n) is 2.33. The van der Waals surface area contributed by atoms with Crippen molar-refractivity contribution in [1.82, 2.24) is 10.4 Å². The zero-order valence-electron chi connectivity index (χ0n) is 13.5. The molecule has 6 heteroatoms. The molecule has 0 radical (unpaired) electrons. The van der Waals surface area contributed by atoms with Crippen LogP contribution in [0.3, 0.4) is 0 Å². The number of carbonyl (C=O) groups is 3. The standard InChI is InChI=1S/C17H22N2O4/c1-12(2)16(23-19-14(20)8-9-15(19)21)17(22)18-11-10-13-6-4-3-5-7-13/h3-7,12,16H,8-11H2,1-2H3,(H,18,22). The lowest BCUT2D eigenvalue weighted by Gasteiger charge is -2.24. The van der Waals surface area contributed by atoms with Gasteiger partial charge in [-0.2, -0.15) is 5.06 Å². The van der Waals surface area contributed by atoms with Gasteiger partial charge in [-0.3, -0.25) is 14.4 Å². The van der Waals surface area contributed by atoms with Gasteiger partial charge < -0.3 is 5.32 Å². The van der Waals surface area contributed by atoms with E-state index in [9.17, 15) is 14.4 Å². The summed E-state index contributed by atoms with van der Waals surface area (Å²) >= 11 is 0. The number of nitrogens with zero attached hydrogens (tertiary/aromatic N) is 1. The summed E-state index contributed by atoms with van der Waals surface area (Å²) in [5.41, 5.74) is 1.12. The average Bonchev–Trinajstić information content (AvgIpc) is 2.84. The molecule has 0 aromatic heterocycles. The number of benzene rings is 1. The summed E-state index contributed by atoms with van der Waals surface area (Å²) < 4.78 is 0. The topological polar surface area (TPSA) is 75.7 Å². The Bertz CT molecular complexity index is 555. The summed E-state index contributed by atoms with van der Waals surface area (Å²) in [6, 6.07) is 9.81. The third kappa shape index (κ3) is 4.63. The molecule has 1 aliphatic rings. The predicted octanol–water partition coefficient (Wildman–Crippen LogP) is 1.45. The van der Waals surface area contributed by atoms with E-state index in [1.807, 2.05) is 44.2 Å². The highest BCUT2D eigenvalue weighted by atomic mass is 16.7. The Balaban J connectivity index is 1.88. The lowest BCUT2D eigenvalue weighted by atomic mass is 10.1. The second kappa shape index (κ2) is 7.87. The maximum absolute atomic E-state index is 12.3. The molecule has 1 aliphatic heterocycles. The van der Waals surface area contributed by atoms with Crippen LogP contribution in [0, 0.1) is 5.92 Å². The van der Waals surface area contributed by atoms with Gasteiger partial charge in [0.25, 0.3) is 17.7 Å². The number of hydrogen-bond donors (Lipinski definition) is 1. The number of hydrogen-bond acceptors (Lipinski definition) is 4. The van der Waals surface area contributed by atoms with Crippen LogP contribution >= 0.6 is 0 Å². The summed E-state index contributed by atoms with van der Waals surface area (Å²) in [5.74, 6) is -1.26. The van der Waals surface area contributed by atoms with Gasteiger partial charge in [0.1, 0.15) is 0 Å². The van der Waals surface area contributed by atoms with Crippen LogP contribution in [0.4, 0.5) is 0 Å². The minimum absolute atomic E-state index is 0.138. The molecule has 1 N–H and O–H groups in total. The molecule has 6 nitrogen and oxygen atoms in total. The molecule has 2 rings (SSSR count). The van der Waals surface area contributed by atoms with Crippen molar-refractivity contribution in [2.24, 2.45) is 5.92 Å². The molecule has 124 valence electrons. The van der Waals surface area contributed by atoms with Crippen molar-refractivity contribution in [2.75, 3.05) is 6.54 Å². The van der Waals surface area contributed by atoms with Crippen LogP contribution in [0.2, 0.25) is 0 Å². The SMILES string of the molecule is CC(C)C(ON1C(=O)CCC1=O)C(=O)NCCc1ccccc1. The molecule has 1 heterocycles. The highest BCUT2D eigenvalue weighted by molar-refractivity contribution is 6.00. The van der Waals surface area contributed by atoms with Crippen molar-refractivity contribution in [3.8, 4) is 0 Å². The van der Waals surface area contributed by atoms with E-state index < -0.39 is 17.9 Å². The van der Waals surface area contributed by atoms with Crippen LogP contribution in [-0.2, 0) is 25.6 Å². The van der Waals surface area contributed by atoms with Gasteiger partial charge in [0.05, 0.1) is 0 Å². The fraction of sp³-hybridized carbons (Fsp3) is 0.471.